The molecule has 2 rings (SSSR count). The number of pyridine rings is 1. The largest absolute Gasteiger partial charge is 0.357 e. The molecule has 2 aromatic rings. The summed E-state index contributed by atoms with van der Waals surface area (Å²) in [5.74, 6) is 2.03. The molecule has 0 aliphatic rings. The van der Waals surface area contributed by atoms with Crippen LogP contribution in [0.4, 0.5) is 11.9 Å². The minimum absolute atomic E-state index is 0.591. The molecule has 0 bridgehead atoms. The highest BCUT2D eigenvalue weighted by Gasteiger charge is 2.11. The van der Waals surface area contributed by atoms with Crippen LogP contribution in [0.3, 0.4) is 0 Å². The summed E-state index contributed by atoms with van der Waals surface area (Å²) in [4.78, 5) is 19.8. The van der Waals surface area contributed by atoms with Gasteiger partial charge >= 0.3 is 0 Å². The molecule has 6 nitrogen and oxygen atoms in total. The number of hydrogen-bond acceptors (Lipinski definition) is 6. The van der Waals surface area contributed by atoms with Gasteiger partial charge in [-0.3, -0.25) is 4.98 Å². The molecule has 106 valence electrons. The van der Waals surface area contributed by atoms with Gasteiger partial charge in [0.05, 0.1) is 6.42 Å². The van der Waals surface area contributed by atoms with Gasteiger partial charge < -0.3 is 10.2 Å². The highest BCUT2D eigenvalue weighted by Crippen LogP contribution is 2.12. The van der Waals surface area contributed by atoms with Crippen molar-refractivity contribution in [3.8, 4) is 0 Å². The van der Waals surface area contributed by atoms with Crippen LogP contribution in [0, 0.1) is 0 Å². The van der Waals surface area contributed by atoms with E-state index in [0.717, 1.165) is 24.6 Å². The lowest BCUT2D eigenvalue weighted by Crippen LogP contribution is -2.25. The van der Waals surface area contributed by atoms with Crippen molar-refractivity contribution >= 4 is 11.9 Å². The average molecular weight is 272 g/mol. The zero-order chi connectivity index (χ0) is 14.4. The zero-order valence-electron chi connectivity index (χ0n) is 12.2. The van der Waals surface area contributed by atoms with E-state index in [2.05, 4.69) is 44.0 Å². The second-order valence-electron chi connectivity index (χ2n) is 4.30. The predicted octanol–water partition coefficient (Wildman–Crippen LogP) is 1.75. The molecule has 1 N–H and O–H groups in total. The zero-order valence-corrected chi connectivity index (χ0v) is 12.2. The Morgan fingerprint density at radius 2 is 1.90 bits per heavy atom. The van der Waals surface area contributed by atoms with Gasteiger partial charge in [0, 0.05) is 32.0 Å². The minimum Gasteiger partial charge on any atom is -0.357 e. The van der Waals surface area contributed by atoms with Crippen molar-refractivity contribution in [2.24, 2.45) is 0 Å². The average Bonchev–Trinajstić information content (AvgIpc) is 2.49. The third-order valence-electron chi connectivity index (χ3n) is 3.01. The van der Waals surface area contributed by atoms with Crippen molar-refractivity contribution in [2.45, 2.75) is 20.3 Å². The Kier molecular flexibility index (Phi) is 4.81. The summed E-state index contributed by atoms with van der Waals surface area (Å²) < 4.78 is 0. The maximum atomic E-state index is 4.54. The van der Waals surface area contributed by atoms with Crippen LogP contribution < -0.4 is 10.2 Å². The molecule has 0 aliphatic heterocycles. The fourth-order valence-corrected chi connectivity index (χ4v) is 1.91. The highest BCUT2D eigenvalue weighted by molar-refractivity contribution is 5.37. The molecule has 0 fully saturated rings. The smallest absolute Gasteiger partial charge is 0.230 e. The fourth-order valence-electron chi connectivity index (χ4n) is 1.91. The van der Waals surface area contributed by atoms with Crippen LogP contribution in [-0.2, 0) is 6.42 Å². The van der Waals surface area contributed by atoms with Gasteiger partial charge in [0.1, 0.15) is 5.82 Å². The number of nitrogens with zero attached hydrogens (tertiary/aromatic N) is 5. The molecule has 6 heteroatoms. The van der Waals surface area contributed by atoms with Crippen LogP contribution in [0.5, 0.6) is 0 Å². The summed E-state index contributed by atoms with van der Waals surface area (Å²) in [6.07, 6.45) is 2.38. The minimum atomic E-state index is 0.591. The van der Waals surface area contributed by atoms with E-state index >= 15 is 0 Å². The standard InChI is InChI=1S/C14H20N6/c1-4-20(5-2)14-18-12(17-13(15-3)19-14)10-11-8-6-7-9-16-11/h6-9H,4-5,10H2,1-3H3,(H,15,17,18,19). The summed E-state index contributed by atoms with van der Waals surface area (Å²) in [5.41, 5.74) is 0.950. The lowest BCUT2D eigenvalue weighted by Gasteiger charge is -2.19. The Labute approximate surface area is 119 Å². The molecule has 0 radical (unpaired) electrons. The van der Waals surface area contributed by atoms with Crippen molar-refractivity contribution in [1.82, 2.24) is 19.9 Å². The summed E-state index contributed by atoms with van der Waals surface area (Å²) in [7, 11) is 1.81. The van der Waals surface area contributed by atoms with E-state index < -0.39 is 0 Å². The Bertz CT molecular complexity index is 539. The van der Waals surface area contributed by atoms with Crippen LogP contribution in [0.1, 0.15) is 25.4 Å². The lowest BCUT2D eigenvalue weighted by atomic mass is 10.2. The van der Waals surface area contributed by atoms with Crippen LogP contribution in [0.2, 0.25) is 0 Å². The molecule has 0 spiro atoms. The van der Waals surface area contributed by atoms with Crippen LogP contribution in [0.25, 0.3) is 0 Å². The number of rotatable bonds is 6. The summed E-state index contributed by atoms with van der Waals surface area (Å²) in [6, 6.07) is 5.84. The predicted molar refractivity (Wildman–Crippen MR) is 80.0 cm³/mol. The summed E-state index contributed by atoms with van der Waals surface area (Å²) in [6.45, 7) is 5.91. The first-order valence-corrected chi connectivity index (χ1v) is 6.84. The van der Waals surface area contributed by atoms with E-state index in [-0.39, 0.29) is 0 Å². The fraction of sp³-hybridized carbons (Fsp3) is 0.429. The molecular weight excluding hydrogens is 252 g/mol. The van der Waals surface area contributed by atoms with E-state index in [1.807, 2.05) is 25.2 Å². The molecule has 0 saturated carbocycles. The van der Waals surface area contributed by atoms with Crippen molar-refractivity contribution in [2.75, 3.05) is 30.4 Å². The van der Waals surface area contributed by atoms with E-state index in [0.29, 0.717) is 18.3 Å². The van der Waals surface area contributed by atoms with Crippen molar-refractivity contribution < 1.29 is 0 Å². The molecule has 0 aromatic carbocycles. The molecule has 20 heavy (non-hydrogen) atoms. The number of hydrogen-bond donors (Lipinski definition) is 1. The van der Waals surface area contributed by atoms with Gasteiger partial charge in [-0.15, -0.1) is 0 Å². The van der Waals surface area contributed by atoms with E-state index in [1.165, 1.54) is 0 Å². The van der Waals surface area contributed by atoms with Gasteiger partial charge in [-0.1, -0.05) is 6.07 Å². The van der Waals surface area contributed by atoms with E-state index in [4.69, 9.17) is 0 Å². The van der Waals surface area contributed by atoms with Gasteiger partial charge in [-0.25, -0.2) is 0 Å². The summed E-state index contributed by atoms with van der Waals surface area (Å²) >= 11 is 0. The Hall–Kier alpha value is -2.24. The van der Waals surface area contributed by atoms with Gasteiger partial charge in [0.15, 0.2) is 0 Å². The molecule has 0 unspecified atom stereocenters. The van der Waals surface area contributed by atoms with Crippen LogP contribution >= 0.6 is 0 Å². The summed E-state index contributed by atoms with van der Waals surface area (Å²) in [5, 5.41) is 2.99. The second kappa shape index (κ2) is 6.79. The van der Waals surface area contributed by atoms with Gasteiger partial charge in [0.25, 0.3) is 0 Å². The monoisotopic (exact) mass is 272 g/mol. The molecular formula is C14H20N6. The Morgan fingerprint density at radius 1 is 1.10 bits per heavy atom. The molecule has 2 aromatic heterocycles. The van der Waals surface area contributed by atoms with E-state index in [1.54, 1.807) is 6.20 Å². The first kappa shape index (κ1) is 14.2. The SMILES string of the molecule is CCN(CC)c1nc(Cc2ccccn2)nc(NC)n1. The highest BCUT2D eigenvalue weighted by atomic mass is 15.3. The molecule has 0 aliphatic carbocycles. The van der Waals surface area contributed by atoms with Crippen molar-refractivity contribution in [3.63, 3.8) is 0 Å². The van der Waals surface area contributed by atoms with Gasteiger partial charge in [-0.2, -0.15) is 15.0 Å². The second-order valence-corrected chi connectivity index (χ2v) is 4.30. The first-order valence-electron chi connectivity index (χ1n) is 6.84. The third kappa shape index (κ3) is 3.40. The number of aromatic nitrogens is 4. The number of anilines is 2. The van der Waals surface area contributed by atoms with Crippen molar-refractivity contribution in [1.29, 1.82) is 0 Å². The number of nitrogens with one attached hydrogen (secondary N) is 1. The quantitative estimate of drug-likeness (QED) is 0.864. The normalized spacial score (nSPS) is 10.3. The molecule has 2 heterocycles. The van der Waals surface area contributed by atoms with Gasteiger partial charge in [-0.05, 0) is 26.0 Å². The van der Waals surface area contributed by atoms with Crippen LogP contribution in [-0.4, -0.2) is 40.1 Å². The Morgan fingerprint density at radius 3 is 2.50 bits per heavy atom. The topological polar surface area (TPSA) is 66.8 Å². The Balaban J connectivity index is 2.30. The molecule has 0 amide bonds. The molecule has 0 saturated heterocycles. The van der Waals surface area contributed by atoms with Crippen molar-refractivity contribution in [3.05, 3.63) is 35.9 Å². The maximum absolute atomic E-state index is 4.54. The first-order chi connectivity index (χ1) is 9.76. The maximum Gasteiger partial charge on any atom is 0.230 e. The van der Waals surface area contributed by atoms with Gasteiger partial charge in [0.2, 0.25) is 11.9 Å². The van der Waals surface area contributed by atoms with E-state index in [9.17, 15) is 0 Å². The lowest BCUT2D eigenvalue weighted by molar-refractivity contribution is 0.792. The van der Waals surface area contributed by atoms with Crippen LogP contribution in [0.15, 0.2) is 24.4 Å². The molecule has 0 atom stereocenters. The third-order valence-corrected chi connectivity index (χ3v) is 3.01.